The maximum Gasteiger partial charge on any atom is 0.116 e. The Labute approximate surface area is 239 Å². The van der Waals surface area contributed by atoms with Crippen LogP contribution in [0.3, 0.4) is 0 Å². The molecule has 40 heavy (non-hydrogen) atoms. The van der Waals surface area contributed by atoms with Gasteiger partial charge in [-0.1, -0.05) is 75.2 Å². The van der Waals surface area contributed by atoms with E-state index in [1.54, 1.807) is 6.33 Å². The lowest BCUT2D eigenvalue weighted by Gasteiger charge is -2.34. The number of aromatic nitrogens is 2. The Bertz CT molecular complexity index is 1640. The van der Waals surface area contributed by atoms with Gasteiger partial charge in [0.25, 0.3) is 0 Å². The van der Waals surface area contributed by atoms with Gasteiger partial charge in [0.05, 0.1) is 28.5 Å². The lowest BCUT2D eigenvalue weighted by molar-refractivity contribution is 0.363. The van der Waals surface area contributed by atoms with Crippen LogP contribution in [0.5, 0.6) is 0 Å². The van der Waals surface area contributed by atoms with Crippen molar-refractivity contribution in [3.05, 3.63) is 99.0 Å². The van der Waals surface area contributed by atoms with Gasteiger partial charge in [0.2, 0.25) is 0 Å². The van der Waals surface area contributed by atoms with Gasteiger partial charge in [-0.2, -0.15) is 0 Å². The third kappa shape index (κ3) is 4.50. The van der Waals surface area contributed by atoms with Gasteiger partial charge in [-0.25, -0.2) is 9.97 Å². The molecule has 5 rings (SSSR count). The summed E-state index contributed by atoms with van der Waals surface area (Å²) in [6, 6.07) is 15.6. The largest absolute Gasteiger partial charge is 0.397 e. The molecule has 0 saturated carbocycles. The minimum atomic E-state index is -0.172. The van der Waals surface area contributed by atoms with Crippen LogP contribution in [0.4, 0.5) is 5.69 Å². The van der Waals surface area contributed by atoms with Crippen molar-refractivity contribution in [2.45, 2.75) is 74.7 Å². The zero-order chi connectivity index (χ0) is 29.1. The molecular formula is C36H42N4. The molecule has 3 aromatic carbocycles. The van der Waals surface area contributed by atoms with Crippen molar-refractivity contribution in [2.24, 2.45) is 11.7 Å². The maximum atomic E-state index is 7.10. The molecule has 0 bridgehead atoms. The Morgan fingerprint density at radius 3 is 1.93 bits per heavy atom. The predicted octanol–water partition coefficient (Wildman–Crippen LogP) is 8.80. The number of nitrogens with two attached hydrogens (primary N) is 1. The molecule has 3 N–H and O–H groups in total. The number of rotatable bonds is 4. The third-order valence-corrected chi connectivity index (χ3v) is 8.88. The van der Waals surface area contributed by atoms with Crippen LogP contribution in [-0.4, -0.2) is 9.97 Å². The van der Waals surface area contributed by atoms with Gasteiger partial charge in [0, 0.05) is 22.1 Å². The molecule has 4 nitrogen and oxygen atoms in total. The van der Waals surface area contributed by atoms with E-state index in [2.05, 4.69) is 117 Å². The Kier molecular flexibility index (Phi) is 6.86. The summed E-state index contributed by atoms with van der Waals surface area (Å²) in [6.07, 6.45) is 1.71. The van der Waals surface area contributed by atoms with Crippen molar-refractivity contribution >= 4 is 17.1 Å². The average molecular weight is 531 g/mol. The molecule has 0 fully saturated rings. The summed E-state index contributed by atoms with van der Waals surface area (Å²) in [5.41, 5.74) is 24.6. The van der Waals surface area contributed by atoms with Gasteiger partial charge in [-0.05, 0) is 86.9 Å². The van der Waals surface area contributed by atoms with Crippen LogP contribution in [0.2, 0.25) is 0 Å². The summed E-state index contributed by atoms with van der Waals surface area (Å²) >= 11 is 0. The second kappa shape index (κ2) is 9.92. The quantitative estimate of drug-likeness (QED) is 0.277. The van der Waals surface area contributed by atoms with Crippen molar-refractivity contribution < 1.29 is 0 Å². The average Bonchev–Trinajstić information content (AvgIpc) is 2.86. The lowest BCUT2D eigenvalue weighted by atomic mass is 9.76. The molecule has 0 aliphatic carbocycles. The summed E-state index contributed by atoms with van der Waals surface area (Å²) in [6.45, 7) is 22.0. The van der Waals surface area contributed by atoms with E-state index in [0.29, 0.717) is 5.92 Å². The third-order valence-electron chi connectivity index (χ3n) is 8.88. The highest BCUT2D eigenvalue weighted by Gasteiger charge is 2.34. The molecule has 4 heteroatoms. The molecule has 206 valence electrons. The van der Waals surface area contributed by atoms with Gasteiger partial charge < -0.3 is 11.1 Å². The number of nitrogens with one attached hydrogen (secondary N) is 1. The summed E-state index contributed by atoms with van der Waals surface area (Å²) in [4.78, 5) is 9.72. The van der Waals surface area contributed by atoms with E-state index in [-0.39, 0.29) is 5.41 Å². The first-order valence-corrected chi connectivity index (χ1v) is 14.2. The minimum absolute atomic E-state index is 0.172. The fourth-order valence-electron chi connectivity index (χ4n) is 6.35. The molecule has 0 amide bonds. The number of nitrogens with zero attached hydrogens (tertiary/aromatic N) is 2. The Hall–Kier alpha value is -3.92. The summed E-state index contributed by atoms with van der Waals surface area (Å²) in [5.74, 6) is 0.380. The van der Waals surface area contributed by atoms with E-state index >= 15 is 0 Å². The van der Waals surface area contributed by atoms with Crippen LogP contribution < -0.4 is 11.1 Å². The molecule has 0 saturated heterocycles. The van der Waals surface area contributed by atoms with Crippen molar-refractivity contribution in [3.63, 3.8) is 0 Å². The smallest absolute Gasteiger partial charge is 0.116 e. The molecule has 0 spiro atoms. The zero-order valence-electron chi connectivity index (χ0n) is 25.7. The monoisotopic (exact) mass is 530 g/mol. The molecule has 4 aromatic rings. The van der Waals surface area contributed by atoms with Crippen LogP contribution in [0, 0.1) is 47.5 Å². The highest BCUT2D eigenvalue weighted by molar-refractivity contribution is 6.06. The van der Waals surface area contributed by atoms with Gasteiger partial charge in [0.15, 0.2) is 0 Å². The second-order valence-corrected chi connectivity index (χ2v) is 12.5. The SMILES string of the molecule is Cc1cc(C)c(/C(N)=C2/Nc3c(ncnc3C(C)(C)C(C)C)-c3cc(-c4c(C)cc(C)cc4C)ccc32)c(C)c1. The summed E-state index contributed by atoms with van der Waals surface area (Å²) < 4.78 is 0. The van der Waals surface area contributed by atoms with E-state index in [1.807, 2.05) is 0 Å². The van der Waals surface area contributed by atoms with Crippen LogP contribution in [0.25, 0.3) is 33.8 Å². The fourth-order valence-corrected chi connectivity index (χ4v) is 6.35. The second-order valence-electron chi connectivity index (χ2n) is 12.5. The van der Waals surface area contributed by atoms with E-state index in [9.17, 15) is 0 Å². The first kappa shape index (κ1) is 27.6. The minimum Gasteiger partial charge on any atom is -0.397 e. The molecular weight excluding hydrogens is 488 g/mol. The van der Waals surface area contributed by atoms with Crippen molar-refractivity contribution in [3.8, 4) is 22.4 Å². The highest BCUT2D eigenvalue weighted by atomic mass is 15.0. The van der Waals surface area contributed by atoms with E-state index in [0.717, 1.165) is 45.2 Å². The molecule has 1 aliphatic rings. The lowest BCUT2D eigenvalue weighted by Crippen LogP contribution is -2.29. The van der Waals surface area contributed by atoms with Crippen LogP contribution in [0.15, 0.2) is 48.8 Å². The Morgan fingerprint density at radius 2 is 1.35 bits per heavy atom. The van der Waals surface area contributed by atoms with Gasteiger partial charge in [0.1, 0.15) is 6.33 Å². The molecule has 1 aliphatic heterocycles. The number of hydrogen-bond donors (Lipinski definition) is 2. The van der Waals surface area contributed by atoms with Crippen LogP contribution >= 0.6 is 0 Å². The normalized spacial score (nSPS) is 14.1. The number of hydrogen-bond acceptors (Lipinski definition) is 4. The summed E-state index contributed by atoms with van der Waals surface area (Å²) in [7, 11) is 0. The highest BCUT2D eigenvalue weighted by Crippen LogP contribution is 2.47. The first-order valence-electron chi connectivity index (χ1n) is 14.2. The van der Waals surface area contributed by atoms with Crippen molar-refractivity contribution in [2.75, 3.05) is 5.32 Å². The molecule has 1 aromatic heterocycles. The molecule has 2 heterocycles. The predicted molar refractivity (Wildman–Crippen MR) is 170 cm³/mol. The summed E-state index contributed by atoms with van der Waals surface area (Å²) in [5, 5.41) is 3.77. The number of fused-ring (bicyclic) bond motifs is 3. The zero-order valence-corrected chi connectivity index (χ0v) is 25.7. The standard InChI is InChI=1S/C36H42N4/c1-19(2)36(9,10)35-34-33(38-18-39-35)28-17-26(29-22(5)13-20(3)14-23(29)6)11-12-27(28)32(40-34)31(37)30-24(7)15-21(4)16-25(30)8/h11-19,40H,37H2,1-10H3/b32-31-. The van der Waals surface area contributed by atoms with E-state index in [1.165, 1.54) is 44.5 Å². The topological polar surface area (TPSA) is 63.8 Å². The first-order chi connectivity index (χ1) is 18.8. The molecule has 0 radical (unpaired) electrons. The fraction of sp³-hybridized carbons (Fsp3) is 0.333. The van der Waals surface area contributed by atoms with Gasteiger partial charge >= 0.3 is 0 Å². The maximum absolute atomic E-state index is 7.10. The Balaban J connectivity index is 1.85. The van der Waals surface area contributed by atoms with Crippen molar-refractivity contribution in [1.29, 1.82) is 0 Å². The number of aryl methyl sites for hydroxylation is 6. The van der Waals surface area contributed by atoms with Crippen LogP contribution in [0.1, 0.15) is 77.9 Å². The van der Waals surface area contributed by atoms with Crippen LogP contribution in [-0.2, 0) is 5.41 Å². The van der Waals surface area contributed by atoms with E-state index < -0.39 is 0 Å². The number of anilines is 1. The van der Waals surface area contributed by atoms with Gasteiger partial charge in [-0.15, -0.1) is 0 Å². The Morgan fingerprint density at radius 1 is 0.775 bits per heavy atom. The number of benzene rings is 3. The molecule has 0 unspecified atom stereocenters. The van der Waals surface area contributed by atoms with Crippen molar-refractivity contribution in [1.82, 2.24) is 9.97 Å². The molecule has 0 atom stereocenters. The van der Waals surface area contributed by atoms with E-state index in [4.69, 9.17) is 15.7 Å². The van der Waals surface area contributed by atoms with Gasteiger partial charge in [-0.3, -0.25) is 0 Å².